The highest BCUT2D eigenvalue weighted by molar-refractivity contribution is 5.90. The van der Waals surface area contributed by atoms with Gasteiger partial charge in [0.05, 0.1) is 17.7 Å². The monoisotopic (exact) mass is 214 g/mol. The van der Waals surface area contributed by atoms with Gasteiger partial charge in [-0.05, 0) is 25.1 Å². The summed E-state index contributed by atoms with van der Waals surface area (Å²) in [5.74, 6) is -0.412. The van der Waals surface area contributed by atoms with Crippen LogP contribution in [0.3, 0.4) is 0 Å². The summed E-state index contributed by atoms with van der Waals surface area (Å²) >= 11 is 0. The lowest BCUT2D eigenvalue weighted by atomic mass is 10.3. The van der Waals surface area contributed by atoms with Crippen molar-refractivity contribution < 1.29 is 9.53 Å². The Morgan fingerprint density at radius 3 is 3.06 bits per heavy atom. The predicted molar refractivity (Wildman–Crippen MR) is 58.1 cm³/mol. The molecule has 0 atom stereocenters. The lowest BCUT2D eigenvalue weighted by Gasteiger charge is -2.01. The van der Waals surface area contributed by atoms with Crippen LogP contribution in [0.2, 0.25) is 0 Å². The van der Waals surface area contributed by atoms with Gasteiger partial charge in [-0.25, -0.2) is 4.79 Å². The first-order chi connectivity index (χ1) is 7.77. The molecule has 2 aromatic rings. The molecule has 2 heterocycles. The second kappa shape index (κ2) is 4.07. The molecule has 0 spiro atoms. The fourth-order valence-electron chi connectivity index (χ4n) is 1.60. The Morgan fingerprint density at radius 1 is 1.56 bits per heavy atom. The number of aromatic nitrogens is 1. The van der Waals surface area contributed by atoms with Crippen molar-refractivity contribution in [1.82, 2.24) is 4.40 Å². The summed E-state index contributed by atoms with van der Waals surface area (Å²) in [6, 6.07) is 9.03. The molecule has 0 unspecified atom stereocenters. The largest absolute Gasteiger partial charge is 0.461 e. The molecule has 0 saturated carbocycles. The average molecular weight is 214 g/mol. The van der Waals surface area contributed by atoms with Crippen LogP contribution in [0.1, 0.15) is 23.0 Å². The van der Waals surface area contributed by atoms with Gasteiger partial charge >= 0.3 is 5.97 Å². The number of fused-ring (bicyclic) bond motifs is 1. The standard InChI is InChI=1S/C12H10N2O2/c1-2-16-12(15)11-7-9(8-13)10-5-3-4-6-14(10)11/h3-7H,2H2,1H3. The summed E-state index contributed by atoms with van der Waals surface area (Å²) in [5.41, 5.74) is 1.57. The maximum atomic E-state index is 11.6. The summed E-state index contributed by atoms with van der Waals surface area (Å²) in [6.07, 6.45) is 1.74. The number of pyridine rings is 1. The van der Waals surface area contributed by atoms with Gasteiger partial charge in [0.25, 0.3) is 0 Å². The zero-order valence-corrected chi connectivity index (χ0v) is 8.80. The van der Waals surface area contributed by atoms with E-state index in [0.29, 0.717) is 23.4 Å². The van der Waals surface area contributed by atoms with Gasteiger partial charge in [-0.15, -0.1) is 0 Å². The summed E-state index contributed by atoms with van der Waals surface area (Å²) in [7, 11) is 0. The van der Waals surface area contributed by atoms with Crippen molar-refractivity contribution in [2.75, 3.05) is 6.61 Å². The fourth-order valence-corrected chi connectivity index (χ4v) is 1.60. The lowest BCUT2D eigenvalue weighted by Crippen LogP contribution is -2.07. The Balaban J connectivity index is 2.63. The van der Waals surface area contributed by atoms with Gasteiger partial charge in [0, 0.05) is 6.20 Å². The highest BCUT2D eigenvalue weighted by atomic mass is 16.5. The van der Waals surface area contributed by atoms with Crippen LogP contribution < -0.4 is 0 Å². The van der Waals surface area contributed by atoms with Crippen LogP contribution in [0.15, 0.2) is 30.5 Å². The molecule has 0 aromatic carbocycles. The van der Waals surface area contributed by atoms with Crippen LogP contribution >= 0.6 is 0 Å². The first kappa shape index (κ1) is 10.2. The molecule has 0 aliphatic rings. The molecule has 2 aromatic heterocycles. The first-order valence-electron chi connectivity index (χ1n) is 4.95. The van der Waals surface area contributed by atoms with Crippen molar-refractivity contribution in [1.29, 1.82) is 5.26 Å². The van der Waals surface area contributed by atoms with Crippen molar-refractivity contribution in [3.8, 4) is 6.07 Å². The van der Waals surface area contributed by atoms with Crippen LogP contribution in [0, 0.1) is 11.3 Å². The smallest absolute Gasteiger partial charge is 0.355 e. The summed E-state index contributed by atoms with van der Waals surface area (Å²) < 4.78 is 6.59. The number of esters is 1. The molecule has 0 radical (unpaired) electrons. The van der Waals surface area contributed by atoms with E-state index in [1.807, 2.05) is 6.07 Å². The van der Waals surface area contributed by atoms with E-state index in [2.05, 4.69) is 6.07 Å². The van der Waals surface area contributed by atoms with E-state index in [4.69, 9.17) is 10.00 Å². The van der Waals surface area contributed by atoms with Crippen molar-refractivity contribution in [2.24, 2.45) is 0 Å². The van der Waals surface area contributed by atoms with Crippen LogP contribution in [0.4, 0.5) is 0 Å². The molecule has 80 valence electrons. The van der Waals surface area contributed by atoms with E-state index < -0.39 is 5.97 Å². The molecule has 0 aliphatic carbocycles. The highest BCUT2D eigenvalue weighted by Gasteiger charge is 2.15. The van der Waals surface area contributed by atoms with E-state index in [-0.39, 0.29) is 0 Å². The summed E-state index contributed by atoms with van der Waals surface area (Å²) in [6.45, 7) is 2.07. The Hall–Kier alpha value is -2.28. The Labute approximate surface area is 92.7 Å². The van der Waals surface area contributed by atoms with E-state index >= 15 is 0 Å². The zero-order valence-electron chi connectivity index (χ0n) is 8.80. The number of hydrogen-bond acceptors (Lipinski definition) is 3. The molecule has 0 bridgehead atoms. The molecule has 4 nitrogen and oxygen atoms in total. The van der Waals surface area contributed by atoms with Crippen LogP contribution in [-0.4, -0.2) is 17.0 Å². The van der Waals surface area contributed by atoms with Gasteiger partial charge in [0.1, 0.15) is 11.8 Å². The van der Waals surface area contributed by atoms with Crippen molar-refractivity contribution in [3.63, 3.8) is 0 Å². The third-order valence-electron chi connectivity index (χ3n) is 2.28. The minimum absolute atomic E-state index is 0.320. The molecular weight excluding hydrogens is 204 g/mol. The van der Waals surface area contributed by atoms with Crippen molar-refractivity contribution >= 4 is 11.5 Å². The van der Waals surface area contributed by atoms with Gasteiger partial charge in [-0.2, -0.15) is 5.26 Å². The molecular formula is C12H10N2O2. The fraction of sp³-hybridized carbons (Fsp3) is 0.167. The molecule has 0 N–H and O–H groups in total. The normalized spacial score (nSPS) is 10.0. The lowest BCUT2D eigenvalue weighted by molar-refractivity contribution is 0.0518. The molecule has 0 amide bonds. The zero-order chi connectivity index (χ0) is 11.5. The molecule has 4 heteroatoms. The van der Waals surface area contributed by atoms with Crippen LogP contribution in [0.5, 0.6) is 0 Å². The maximum absolute atomic E-state index is 11.6. The molecule has 2 rings (SSSR count). The Bertz CT molecular complexity index is 578. The first-order valence-corrected chi connectivity index (χ1v) is 4.95. The quantitative estimate of drug-likeness (QED) is 0.718. The van der Waals surface area contributed by atoms with Gasteiger partial charge in [0.2, 0.25) is 0 Å². The van der Waals surface area contributed by atoms with Crippen molar-refractivity contribution in [3.05, 3.63) is 41.7 Å². The number of nitriles is 1. The van der Waals surface area contributed by atoms with Crippen LogP contribution in [-0.2, 0) is 4.74 Å². The minimum Gasteiger partial charge on any atom is -0.461 e. The Morgan fingerprint density at radius 2 is 2.38 bits per heavy atom. The van der Waals surface area contributed by atoms with E-state index in [1.165, 1.54) is 0 Å². The minimum atomic E-state index is -0.412. The average Bonchev–Trinajstić information content (AvgIpc) is 2.68. The van der Waals surface area contributed by atoms with Gasteiger partial charge in [-0.1, -0.05) is 6.07 Å². The molecule has 0 aliphatic heterocycles. The molecule has 16 heavy (non-hydrogen) atoms. The number of nitrogens with zero attached hydrogens (tertiary/aromatic N) is 2. The van der Waals surface area contributed by atoms with E-state index in [9.17, 15) is 4.79 Å². The maximum Gasteiger partial charge on any atom is 0.355 e. The third-order valence-corrected chi connectivity index (χ3v) is 2.28. The highest BCUT2D eigenvalue weighted by Crippen LogP contribution is 2.16. The predicted octanol–water partition coefficient (Wildman–Crippen LogP) is 1.99. The van der Waals surface area contributed by atoms with Crippen LogP contribution in [0.25, 0.3) is 5.52 Å². The third kappa shape index (κ3) is 1.52. The number of carbonyl (C=O) groups excluding carboxylic acids is 1. The Kier molecular flexibility index (Phi) is 2.61. The number of rotatable bonds is 2. The van der Waals surface area contributed by atoms with E-state index in [0.717, 1.165) is 0 Å². The second-order valence-corrected chi connectivity index (χ2v) is 3.23. The van der Waals surface area contributed by atoms with Gasteiger partial charge in [-0.3, -0.25) is 0 Å². The topological polar surface area (TPSA) is 54.5 Å². The van der Waals surface area contributed by atoms with Crippen molar-refractivity contribution in [2.45, 2.75) is 6.92 Å². The molecule has 0 saturated heterocycles. The number of hydrogen-bond donors (Lipinski definition) is 0. The SMILES string of the molecule is CCOC(=O)c1cc(C#N)c2ccccn12. The van der Waals surface area contributed by atoms with E-state index in [1.54, 1.807) is 35.7 Å². The van der Waals surface area contributed by atoms with Gasteiger partial charge < -0.3 is 9.14 Å². The summed E-state index contributed by atoms with van der Waals surface area (Å²) in [5, 5.41) is 8.95. The molecule has 0 fully saturated rings. The van der Waals surface area contributed by atoms with Gasteiger partial charge in [0.15, 0.2) is 0 Å². The number of ether oxygens (including phenoxy) is 1. The summed E-state index contributed by atoms with van der Waals surface area (Å²) in [4.78, 5) is 11.6. The second-order valence-electron chi connectivity index (χ2n) is 3.23. The number of carbonyl (C=O) groups is 1.